The van der Waals surface area contributed by atoms with Crippen molar-refractivity contribution < 1.29 is 5.11 Å². The number of hydrogen-bond acceptors (Lipinski definition) is 3. The molecule has 1 aliphatic carbocycles. The summed E-state index contributed by atoms with van der Waals surface area (Å²) in [5, 5.41) is 10.9. The van der Waals surface area contributed by atoms with Crippen molar-refractivity contribution in [3.05, 3.63) is 16.1 Å². The van der Waals surface area contributed by atoms with Gasteiger partial charge in [0.2, 0.25) is 0 Å². The van der Waals surface area contributed by atoms with Gasteiger partial charge in [-0.25, -0.2) is 4.98 Å². The van der Waals surface area contributed by atoms with E-state index in [0.29, 0.717) is 5.92 Å². The molecule has 2 nitrogen and oxygen atoms in total. The van der Waals surface area contributed by atoms with Gasteiger partial charge in [0.15, 0.2) is 0 Å². The number of aliphatic hydroxyl groups is 1. The average Bonchev–Trinajstić information content (AvgIpc) is 2.31. The molecule has 0 saturated heterocycles. The summed E-state index contributed by atoms with van der Waals surface area (Å²) in [5.41, 5.74) is 0. The zero-order valence-electron chi connectivity index (χ0n) is 7.16. The average molecular weight is 183 g/mol. The largest absolute Gasteiger partial charge is 0.387 e. The zero-order chi connectivity index (χ0) is 8.55. The first-order valence-electron chi connectivity index (χ1n) is 4.38. The predicted octanol–water partition coefficient (Wildman–Crippen LogP) is 2.29. The predicted molar refractivity (Wildman–Crippen MR) is 49.2 cm³/mol. The maximum Gasteiger partial charge on any atom is 0.0926 e. The van der Waals surface area contributed by atoms with Gasteiger partial charge in [-0.05, 0) is 25.7 Å². The fourth-order valence-corrected chi connectivity index (χ4v) is 2.37. The minimum Gasteiger partial charge on any atom is -0.387 e. The third-order valence-electron chi connectivity index (χ3n) is 2.53. The second kappa shape index (κ2) is 3.15. The van der Waals surface area contributed by atoms with Gasteiger partial charge in [-0.3, -0.25) is 0 Å². The molecule has 1 atom stereocenters. The molecule has 1 heterocycles. The molecule has 0 bridgehead atoms. The molecule has 0 aromatic carbocycles. The maximum absolute atomic E-state index is 9.82. The Kier molecular flexibility index (Phi) is 2.15. The topological polar surface area (TPSA) is 33.1 Å². The van der Waals surface area contributed by atoms with E-state index < -0.39 is 0 Å². The fourth-order valence-electron chi connectivity index (χ4n) is 1.50. The Bertz CT molecular complexity index is 267. The van der Waals surface area contributed by atoms with Gasteiger partial charge in [0, 0.05) is 6.20 Å². The Balaban J connectivity index is 2.08. The molecule has 3 heteroatoms. The van der Waals surface area contributed by atoms with E-state index in [9.17, 15) is 5.11 Å². The van der Waals surface area contributed by atoms with Gasteiger partial charge in [-0.2, -0.15) is 0 Å². The van der Waals surface area contributed by atoms with E-state index in [4.69, 9.17) is 0 Å². The highest BCUT2D eigenvalue weighted by molar-refractivity contribution is 7.11. The summed E-state index contributed by atoms with van der Waals surface area (Å²) >= 11 is 1.61. The molecule has 0 amide bonds. The minimum absolute atomic E-state index is 0.245. The Morgan fingerprint density at radius 2 is 2.42 bits per heavy atom. The highest BCUT2D eigenvalue weighted by atomic mass is 32.1. The van der Waals surface area contributed by atoms with Crippen molar-refractivity contribution in [2.24, 2.45) is 5.92 Å². The van der Waals surface area contributed by atoms with Crippen LogP contribution >= 0.6 is 11.3 Å². The lowest BCUT2D eigenvalue weighted by atomic mass is 9.81. The second-order valence-corrected chi connectivity index (χ2v) is 4.68. The molecule has 0 radical (unpaired) electrons. The van der Waals surface area contributed by atoms with Crippen LogP contribution in [0.3, 0.4) is 0 Å². The van der Waals surface area contributed by atoms with E-state index >= 15 is 0 Å². The number of aryl methyl sites for hydroxylation is 1. The van der Waals surface area contributed by atoms with E-state index in [1.54, 1.807) is 11.3 Å². The van der Waals surface area contributed by atoms with E-state index in [1.165, 1.54) is 19.3 Å². The maximum atomic E-state index is 9.82. The summed E-state index contributed by atoms with van der Waals surface area (Å²) in [5.74, 6) is 0.504. The second-order valence-electron chi connectivity index (χ2n) is 3.42. The van der Waals surface area contributed by atoms with Crippen molar-refractivity contribution in [2.75, 3.05) is 0 Å². The first-order chi connectivity index (χ1) is 5.77. The highest BCUT2D eigenvalue weighted by Gasteiger charge is 2.27. The van der Waals surface area contributed by atoms with Crippen LogP contribution in [0.4, 0.5) is 0 Å². The van der Waals surface area contributed by atoms with Crippen molar-refractivity contribution in [1.82, 2.24) is 4.98 Å². The Hall–Kier alpha value is -0.410. The molecular weight excluding hydrogens is 170 g/mol. The normalized spacial score (nSPS) is 20.5. The molecule has 66 valence electrons. The van der Waals surface area contributed by atoms with Crippen LogP contribution in [-0.4, -0.2) is 10.1 Å². The van der Waals surface area contributed by atoms with Crippen LogP contribution in [0.2, 0.25) is 0 Å². The van der Waals surface area contributed by atoms with Gasteiger partial charge in [0.1, 0.15) is 0 Å². The van der Waals surface area contributed by atoms with E-state index in [2.05, 4.69) is 4.98 Å². The smallest absolute Gasteiger partial charge is 0.0926 e. The molecule has 1 aromatic heterocycles. The molecule has 2 rings (SSSR count). The molecule has 0 spiro atoms. The Morgan fingerprint density at radius 1 is 1.67 bits per heavy atom. The van der Waals surface area contributed by atoms with Crippen LogP contribution < -0.4 is 0 Å². The molecule has 1 aromatic rings. The van der Waals surface area contributed by atoms with Crippen LogP contribution in [0.1, 0.15) is 35.3 Å². The van der Waals surface area contributed by atoms with Gasteiger partial charge in [-0.15, -0.1) is 11.3 Å². The van der Waals surface area contributed by atoms with Crippen LogP contribution in [0.15, 0.2) is 6.20 Å². The molecule has 12 heavy (non-hydrogen) atoms. The molecule has 1 aliphatic rings. The Labute approximate surface area is 76.3 Å². The third-order valence-corrected chi connectivity index (χ3v) is 3.51. The number of aromatic nitrogens is 1. The SMILES string of the molecule is Cc1ncc(C(O)C2CCC2)s1. The van der Waals surface area contributed by atoms with Crippen LogP contribution in [0, 0.1) is 12.8 Å². The number of aliphatic hydroxyl groups excluding tert-OH is 1. The zero-order valence-corrected chi connectivity index (χ0v) is 7.97. The van der Waals surface area contributed by atoms with Gasteiger partial charge >= 0.3 is 0 Å². The summed E-state index contributed by atoms with van der Waals surface area (Å²) in [7, 11) is 0. The van der Waals surface area contributed by atoms with Crippen molar-refractivity contribution >= 4 is 11.3 Å². The van der Waals surface area contributed by atoms with Crippen LogP contribution in [0.5, 0.6) is 0 Å². The van der Waals surface area contributed by atoms with Crippen molar-refractivity contribution in [3.8, 4) is 0 Å². The number of rotatable bonds is 2. The fraction of sp³-hybridized carbons (Fsp3) is 0.667. The first-order valence-corrected chi connectivity index (χ1v) is 5.19. The van der Waals surface area contributed by atoms with Crippen LogP contribution in [-0.2, 0) is 0 Å². The quantitative estimate of drug-likeness (QED) is 0.763. The molecule has 1 unspecified atom stereocenters. The number of thiazole rings is 1. The van der Waals surface area contributed by atoms with Gasteiger partial charge < -0.3 is 5.11 Å². The minimum atomic E-state index is -0.245. The van der Waals surface area contributed by atoms with Crippen molar-refractivity contribution in [3.63, 3.8) is 0 Å². The third kappa shape index (κ3) is 1.39. The summed E-state index contributed by atoms with van der Waals surface area (Å²) in [4.78, 5) is 5.18. The molecular formula is C9H13NOS. The molecule has 1 saturated carbocycles. The van der Waals surface area contributed by atoms with Gasteiger partial charge in [0.25, 0.3) is 0 Å². The number of hydrogen-bond donors (Lipinski definition) is 1. The van der Waals surface area contributed by atoms with E-state index in [-0.39, 0.29) is 6.10 Å². The Morgan fingerprint density at radius 3 is 2.83 bits per heavy atom. The van der Waals surface area contributed by atoms with Gasteiger partial charge in [-0.1, -0.05) is 6.42 Å². The lowest BCUT2D eigenvalue weighted by Crippen LogP contribution is -2.19. The highest BCUT2D eigenvalue weighted by Crippen LogP contribution is 2.38. The molecule has 1 fully saturated rings. The van der Waals surface area contributed by atoms with E-state index in [1.807, 2.05) is 13.1 Å². The monoisotopic (exact) mass is 183 g/mol. The lowest BCUT2D eigenvalue weighted by molar-refractivity contribution is 0.0648. The summed E-state index contributed by atoms with van der Waals surface area (Å²) < 4.78 is 0. The van der Waals surface area contributed by atoms with Gasteiger partial charge in [0.05, 0.1) is 16.0 Å². The standard InChI is InChI=1S/C9H13NOS/c1-6-10-5-8(12-6)9(11)7-3-2-4-7/h5,7,9,11H,2-4H2,1H3. The molecule has 0 aliphatic heterocycles. The number of nitrogens with zero attached hydrogens (tertiary/aromatic N) is 1. The van der Waals surface area contributed by atoms with Crippen LogP contribution in [0.25, 0.3) is 0 Å². The van der Waals surface area contributed by atoms with E-state index in [0.717, 1.165) is 9.88 Å². The summed E-state index contributed by atoms with van der Waals surface area (Å²) in [6.45, 7) is 1.97. The summed E-state index contributed by atoms with van der Waals surface area (Å²) in [6.07, 6.45) is 5.20. The van der Waals surface area contributed by atoms with Crippen molar-refractivity contribution in [2.45, 2.75) is 32.3 Å². The lowest BCUT2D eigenvalue weighted by Gasteiger charge is -2.29. The van der Waals surface area contributed by atoms with Crippen molar-refractivity contribution in [1.29, 1.82) is 0 Å². The summed E-state index contributed by atoms with van der Waals surface area (Å²) in [6, 6.07) is 0. The first kappa shape index (κ1) is 8.20. The molecule has 1 N–H and O–H groups in total.